The lowest BCUT2D eigenvalue weighted by molar-refractivity contribution is -0.139. The van der Waals surface area contributed by atoms with Crippen molar-refractivity contribution in [2.45, 2.75) is 11.9 Å². The van der Waals surface area contributed by atoms with Gasteiger partial charge in [0.2, 0.25) is 0 Å². The number of benzene rings is 1. The fraction of sp³-hybridized carbons (Fsp3) is 0.250. The van der Waals surface area contributed by atoms with Crippen LogP contribution in [0.5, 0.6) is 0 Å². The van der Waals surface area contributed by atoms with Crippen LogP contribution < -0.4 is 0 Å². The number of rotatable bonds is 4. The monoisotopic (exact) mass is 282 g/mol. The molecule has 0 aliphatic carbocycles. The topological polar surface area (TPSA) is 52.1 Å². The number of hydrogen-bond donors (Lipinski definition) is 0. The summed E-state index contributed by atoms with van der Waals surface area (Å²) in [5, 5.41) is 10.7. The number of thioether (sulfide) groups is 1. The first-order valence-electron chi connectivity index (χ1n) is 5.41. The Bertz CT molecular complexity index is 577. The second kappa shape index (κ2) is 6.02. The normalized spacial score (nSPS) is 10.6. The molecular formula is C12H11ClN2O2S. The Morgan fingerprint density at radius 2 is 2.06 bits per heavy atom. The van der Waals surface area contributed by atoms with Gasteiger partial charge in [-0.15, -0.1) is 10.2 Å². The van der Waals surface area contributed by atoms with Crippen molar-refractivity contribution in [3.8, 4) is 0 Å². The van der Waals surface area contributed by atoms with E-state index in [1.165, 1.54) is 11.8 Å². The molecule has 0 aliphatic rings. The molecule has 0 saturated carbocycles. The van der Waals surface area contributed by atoms with Gasteiger partial charge in [-0.05, 0) is 6.92 Å². The van der Waals surface area contributed by atoms with Gasteiger partial charge in [0.15, 0.2) is 5.15 Å². The van der Waals surface area contributed by atoms with Gasteiger partial charge in [0.1, 0.15) is 5.03 Å². The van der Waals surface area contributed by atoms with E-state index in [0.29, 0.717) is 16.8 Å². The highest BCUT2D eigenvalue weighted by Crippen LogP contribution is 2.28. The lowest BCUT2D eigenvalue weighted by atomic mass is 10.2. The Labute approximate surface area is 114 Å². The van der Waals surface area contributed by atoms with Gasteiger partial charge in [0.25, 0.3) is 0 Å². The molecule has 0 N–H and O–H groups in total. The molecule has 0 fully saturated rings. The molecule has 0 bridgehead atoms. The van der Waals surface area contributed by atoms with E-state index in [9.17, 15) is 4.79 Å². The molecule has 0 saturated heterocycles. The Kier molecular flexibility index (Phi) is 4.38. The van der Waals surface area contributed by atoms with Crippen LogP contribution in [0, 0.1) is 0 Å². The highest BCUT2D eigenvalue weighted by molar-refractivity contribution is 8.00. The lowest BCUT2D eigenvalue weighted by Crippen LogP contribution is -2.06. The first kappa shape index (κ1) is 13.1. The van der Waals surface area contributed by atoms with Gasteiger partial charge in [-0.2, -0.15) is 0 Å². The van der Waals surface area contributed by atoms with Crippen molar-refractivity contribution in [2.75, 3.05) is 12.4 Å². The molecule has 4 nitrogen and oxygen atoms in total. The van der Waals surface area contributed by atoms with Gasteiger partial charge in [0.05, 0.1) is 12.4 Å². The van der Waals surface area contributed by atoms with Crippen LogP contribution in [0.1, 0.15) is 6.92 Å². The molecule has 0 spiro atoms. The molecule has 1 heterocycles. The smallest absolute Gasteiger partial charge is 0.316 e. The number of nitrogens with zero attached hydrogens (tertiary/aromatic N) is 2. The van der Waals surface area contributed by atoms with Crippen molar-refractivity contribution in [1.29, 1.82) is 0 Å². The maximum Gasteiger partial charge on any atom is 0.316 e. The number of carbonyl (C=O) groups excluding carboxylic acids is 1. The summed E-state index contributed by atoms with van der Waals surface area (Å²) in [6.45, 7) is 2.16. The summed E-state index contributed by atoms with van der Waals surface area (Å²) < 4.78 is 4.87. The van der Waals surface area contributed by atoms with Gasteiger partial charge < -0.3 is 4.74 Å². The zero-order chi connectivity index (χ0) is 13.0. The number of ether oxygens (including phenoxy) is 1. The van der Waals surface area contributed by atoms with Crippen LogP contribution in [0.25, 0.3) is 10.8 Å². The third kappa shape index (κ3) is 2.91. The van der Waals surface area contributed by atoms with Crippen molar-refractivity contribution in [3.05, 3.63) is 29.4 Å². The predicted molar refractivity (Wildman–Crippen MR) is 71.9 cm³/mol. The summed E-state index contributed by atoms with van der Waals surface area (Å²) >= 11 is 7.27. The summed E-state index contributed by atoms with van der Waals surface area (Å²) in [5.74, 6) is -0.0444. The van der Waals surface area contributed by atoms with E-state index in [-0.39, 0.29) is 11.7 Å². The number of halogens is 1. The first-order chi connectivity index (χ1) is 8.72. The molecule has 1 aromatic carbocycles. The zero-order valence-corrected chi connectivity index (χ0v) is 11.3. The number of fused-ring (bicyclic) bond motifs is 1. The van der Waals surface area contributed by atoms with E-state index in [0.717, 1.165) is 10.8 Å². The minimum absolute atomic E-state index is 0.216. The fourth-order valence-electron chi connectivity index (χ4n) is 1.48. The molecule has 0 atom stereocenters. The fourth-order valence-corrected chi connectivity index (χ4v) is 2.46. The Morgan fingerprint density at radius 3 is 2.78 bits per heavy atom. The number of carbonyl (C=O) groups is 1. The summed E-state index contributed by atoms with van der Waals surface area (Å²) in [4.78, 5) is 11.3. The van der Waals surface area contributed by atoms with Crippen molar-refractivity contribution < 1.29 is 9.53 Å². The van der Waals surface area contributed by atoms with Crippen molar-refractivity contribution in [2.24, 2.45) is 0 Å². The highest BCUT2D eigenvalue weighted by atomic mass is 35.5. The predicted octanol–water partition coefficient (Wildman–Crippen LogP) is 2.94. The number of hydrogen-bond acceptors (Lipinski definition) is 5. The average Bonchev–Trinajstić information content (AvgIpc) is 2.39. The standard InChI is InChI=1S/C12H11ClN2O2S/c1-2-17-10(16)7-18-12-9-6-4-3-5-8(9)11(13)14-15-12/h3-6H,2,7H2,1H3. The van der Waals surface area contributed by atoms with E-state index in [1.54, 1.807) is 6.92 Å². The molecule has 18 heavy (non-hydrogen) atoms. The average molecular weight is 283 g/mol. The van der Waals surface area contributed by atoms with E-state index in [1.807, 2.05) is 24.3 Å². The molecule has 6 heteroatoms. The second-order valence-electron chi connectivity index (χ2n) is 3.44. The van der Waals surface area contributed by atoms with Crippen molar-refractivity contribution >= 4 is 40.1 Å². The largest absolute Gasteiger partial charge is 0.465 e. The Morgan fingerprint density at radius 1 is 1.33 bits per heavy atom. The van der Waals surface area contributed by atoms with Crippen LogP contribution in [-0.2, 0) is 9.53 Å². The highest BCUT2D eigenvalue weighted by Gasteiger charge is 2.10. The number of esters is 1. The van der Waals surface area contributed by atoms with Gasteiger partial charge in [-0.1, -0.05) is 47.6 Å². The molecule has 94 valence electrons. The van der Waals surface area contributed by atoms with Gasteiger partial charge in [-0.25, -0.2) is 0 Å². The van der Waals surface area contributed by atoms with Gasteiger partial charge >= 0.3 is 5.97 Å². The third-order valence-corrected chi connectivity index (χ3v) is 3.47. The maximum absolute atomic E-state index is 11.3. The van der Waals surface area contributed by atoms with Crippen LogP contribution in [-0.4, -0.2) is 28.5 Å². The quantitative estimate of drug-likeness (QED) is 0.637. The van der Waals surface area contributed by atoms with Crippen LogP contribution in [0.4, 0.5) is 0 Å². The van der Waals surface area contributed by atoms with Crippen molar-refractivity contribution in [3.63, 3.8) is 0 Å². The van der Waals surface area contributed by atoms with E-state index < -0.39 is 0 Å². The zero-order valence-electron chi connectivity index (χ0n) is 9.72. The number of aromatic nitrogens is 2. The second-order valence-corrected chi connectivity index (χ2v) is 4.76. The third-order valence-electron chi connectivity index (χ3n) is 2.24. The minimum atomic E-state index is -0.261. The summed E-state index contributed by atoms with van der Waals surface area (Å²) in [6.07, 6.45) is 0. The van der Waals surface area contributed by atoms with Crippen LogP contribution in [0.15, 0.2) is 29.3 Å². The molecule has 1 aromatic heterocycles. The van der Waals surface area contributed by atoms with Crippen LogP contribution >= 0.6 is 23.4 Å². The maximum atomic E-state index is 11.3. The Hall–Kier alpha value is -1.33. The summed E-state index contributed by atoms with van der Waals surface area (Å²) in [6, 6.07) is 7.56. The molecule has 0 radical (unpaired) electrons. The molecule has 0 amide bonds. The minimum Gasteiger partial charge on any atom is -0.465 e. The van der Waals surface area contributed by atoms with Gasteiger partial charge in [-0.3, -0.25) is 4.79 Å². The molecule has 0 aliphatic heterocycles. The molecule has 2 rings (SSSR count). The van der Waals surface area contributed by atoms with E-state index in [4.69, 9.17) is 16.3 Å². The first-order valence-corrected chi connectivity index (χ1v) is 6.78. The van der Waals surface area contributed by atoms with Crippen LogP contribution in [0.2, 0.25) is 5.15 Å². The Balaban J connectivity index is 2.24. The van der Waals surface area contributed by atoms with Crippen molar-refractivity contribution in [1.82, 2.24) is 10.2 Å². The molecule has 0 unspecified atom stereocenters. The van der Waals surface area contributed by atoms with E-state index >= 15 is 0 Å². The lowest BCUT2D eigenvalue weighted by Gasteiger charge is -2.05. The van der Waals surface area contributed by atoms with Gasteiger partial charge in [0, 0.05) is 10.8 Å². The summed E-state index contributed by atoms with van der Waals surface area (Å²) in [5.41, 5.74) is 0. The van der Waals surface area contributed by atoms with Crippen LogP contribution in [0.3, 0.4) is 0 Å². The SMILES string of the molecule is CCOC(=O)CSc1nnc(Cl)c2ccccc12. The molecule has 2 aromatic rings. The molecular weight excluding hydrogens is 272 g/mol. The summed E-state index contributed by atoms with van der Waals surface area (Å²) in [7, 11) is 0. The van der Waals surface area contributed by atoms with E-state index in [2.05, 4.69) is 10.2 Å².